The van der Waals surface area contributed by atoms with Gasteiger partial charge < -0.3 is 14.6 Å². The van der Waals surface area contributed by atoms with Crippen molar-refractivity contribution in [2.24, 2.45) is 0 Å². The van der Waals surface area contributed by atoms with E-state index in [9.17, 15) is 14.4 Å². The zero-order valence-electron chi connectivity index (χ0n) is 18.5. The number of carboxylic acid groups (broad SMARTS) is 1. The summed E-state index contributed by atoms with van der Waals surface area (Å²) in [6, 6.07) is 25.5. The Labute approximate surface area is 210 Å². The van der Waals surface area contributed by atoms with Crippen molar-refractivity contribution in [2.75, 3.05) is 24.7 Å². The van der Waals surface area contributed by atoms with Crippen LogP contribution in [0.3, 0.4) is 0 Å². The lowest BCUT2D eigenvalue weighted by molar-refractivity contribution is -0.142. The van der Waals surface area contributed by atoms with Gasteiger partial charge in [0.1, 0.15) is 19.0 Å². The lowest BCUT2D eigenvalue weighted by Gasteiger charge is -2.16. The number of rotatable bonds is 11. The summed E-state index contributed by atoms with van der Waals surface area (Å²) in [5.74, 6) is -1.42. The van der Waals surface area contributed by atoms with Gasteiger partial charge in [-0.25, -0.2) is 9.69 Å². The van der Waals surface area contributed by atoms with Crippen LogP contribution in [0, 0.1) is 0 Å². The molecule has 0 fully saturated rings. The maximum absolute atomic E-state index is 13.5. The van der Waals surface area contributed by atoms with Gasteiger partial charge in [0.15, 0.2) is 0 Å². The molecular formula is C26H21NO6S2. The molecule has 9 heteroatoms. The number of hydrogen-bond acceptors (Lipinski definition) is 7. The van der Waals surface area contributed by atoms with Crippen molar-refractivity contribution in [3.8, 4) is 5.75 Å². The van der Waals surface area contributed by atoms with E-state index < -0.39 is 24.4 Å². The highest BCUT2D eigenvalue weighted by atomic mass is 32.2. The average Bonchev–Trinajstić information content (AvgIpc) is 3.09. The number of amides is 2. The first kappa shape index (κ1) is 24.6. The number of benzene rings is 3. The van der Waals surface area contributed by atoms with E-state index in [0.717, 1.165) is 14.7 Å². The summed E-state index contributed by atoms with van der Waals surface area (Å²) in [5.41, 5.74) is 0.388. The third kappa shape index (κ3) is 6.33. The highest BCUT2D eigenvalue weighted by Gasteiger charge is 2.40. The quantitative estimate of drug-likeness (QED) is 0.291. The number of hydrogen-bond donors (Lipinski definition) is 1. The van der Waals surface area contributed by atoms with Crippen LogP contribution in [0.1, 0.15) is 0 Å². The largest absolute Gasteiger partial charge is 0.491 e. The van der Waals surface area contributed by atoms with E-state index in [-0.39, 0.29) is 13.2 Å². The molecule has 1 aliphatic rings. The summed E-state index contributed by atoms with van der Waals surface area (Å²) in [6.07, 6.45) is 0. The normalized spacial score (nSPS) is 13.4. The third-order valence-corrected chi connectivity index (χ3v) is 7.04. The molecule has 1 N–H and O–H groups in total. The summed E-state index contributed by atoms with van der Waals surface area (Å²) in [4.78, 5) is 41.1. The van der Waals surface area contributed by atoms with Gasteiger partial charge >= 0.3 is 5.97 Å². The van der Waals surface area contributed by atoms with Crippen molar-refractivity contribution in [3.63, 3.8) is 0 Å². The van der Waals surface area contributed by atoms with Crippen LogP contribution in [0.2, 0.25) is 0 Å². The molecule has 0 saturated heterocycles. The summed E-state index contributed by atoms with van der Waals surface area (Å²) >= 11 is 2.53. The van der Waals surface area contributed by atoms with E-state index in [2.05, 4.69) is 0 Å². The first-order valence-corrected chi connectivity index (χ1v) is 12.3. The Balaban J connectivity index is 1.56. The maximum atomic E-state index is 13.5. The number of carbonyl (C=O) groups is 3. The van der Waals surface area contributed by atoms with Gasteiger partial charge in [-0.05, 0) is 36.4 Å². The first-order valence-electron chi connectivity index (χ1n) is 10.6. The molecule has 4 rings (SSSR count). The van der Waals surface area contributed by atoms with Crippen LogP contribution < -0.4 is 9.64 Å². The maximum Gasteiger partial charge on any atom is 0.329 e. The van der Waals surface area contributed by atoms with Crippen molar-refractivity contribution >= 4 is 47.0 Å². The standard InChI is InChI=1S/C26H21NO6S2/c28-22(29)17-32-14-15-33-19-9-7-8-18(16-19)27-25(30)23(34-20-10-3-1-4-11-20)24(26(27)31)35-21-12-5-2-6-13-21/h1-13,16H,14-15,17H2,(H,28,29). The molecule has 7 nitrogen and oxygen atoms in total. The van der Waals surface area contributed by atoms with E-state index in [1.807, 2.05) is 60.7 Å². The lowest BCUT2D eigenvalue weighted by Crippen LogP contribution is -2.31. The molecule has 178 valence electrons. The summed E-state index contributed by atoms with van der Waals surface area (Å²) in [7, 11) is 0. The second-order valence-electron chi connectivity index (χ2n) is 7.23. The molecule has 0 spiro atoms. The molecule has 1 aliphatic heterocycles. The van der Waals surface area contributed by atoms with Gasteiger partial charge in [0, 0.05) is 15.9 Å². The lowest BCUT2D eigenvalue weighted by atomic mass is 10.2. The molecular weight excluding hydrogens is 486 g/mol. The molecule has 1 heterocycles. The van der Waals surface area contributed by atoms with Crippen LogP contribution in [0.5, 0.6) is 5.75 Å². The van der Waals surface area contributed by atoms with Gasteiger partial charge in [0.25, 0.3) is 11.8 Å². The van der Waals surface area contributed by atoms with Crippen molar-refractivity contribution in [1.29, 1.82) is 0 Å². The SMILES string of the molecule is O=C(O)COCCOc1cccc(N2C(=O)C(Sc3ccccc3)=C(Sc3ccccc3)C2=O)c1. The number of imide groups is 1. The fraction of sp³-hybridized carbons (Fsp3) is 0.115. The van der Waals surface area contributed by atoms with Crippen molar-refractivity contribution < 1.29 is 29.0 Å². The predicted molar refractivity (Wildman–Crippen MR) is 135 cm³/mol. The number of nitrogens with zero attached hydrogens (tertiary/aromatic N) is 1. The van der Waals surface area contributed by atoms with Crippen molar-refractivity contribution in [3.05, 3.63) is 94.7 Å². The average molecular weight is 508 g/mol. The molecule has 0 saturated carbocycles. The minimum Gasteiger partial charge on any atom is -0.491 e. The third-order valence-electron chi connectivity index (χ3n) is 4.72. The van der Waals surface area contributed by atoms with Crippen molar-refractivity contribution in [2.45, 2.75) is 9.79 Å². The fourth-order valence-electron chi connectivity index (χ4n) is 3.21. The van der Waals surface area contributed by atoms with E-state index in [4.69, 9.17) is 14.6 Å². The number of carboxylic acids is 1. The second-order valence-corrected chi connectivity index (χ2v) is 9.39. The van der Waals surface area contributed by atoms with Gasteiger partial charge in [-0.3, -0.25) is 9.59 Å². The Morgan fingerprint density at radius 1 is 0.771 bits per heavy atom. The smallest absolute Gasteiger partial charge is 0.329 e. The molecule has 0 aromatic heterocycles. The Morgan fingerprint density at radius 2 is 1.34 bits per heavy atom. The van der Waals surface area contributed by atoms with Gasteiger partial charge in [-0.15, -0.1) is 0 Å². The Morgan fingerprint density at radius 3 is 1.89 bits per heavy atom. The molecule has 0 atom stereocenters. The molecule has 3 aromatic rings. The van der Waals surface area contributed by atoms with Gasteiger partial charge in [-0.1, -0.05) is 66.0 Å². The van der Waals surface area contributed by atoms with Crippen LogP contribution in [0.15, 0.2) is 105 Å². The molecule has 0 aliphatic carbocycles. The Kier molecular flexibility index (Phi) is 8.25. The second kappa shape index (κ2) is 11.7. The van der Waals surface area contributed by atoms with E-state index in [1.54, 1.807) is 24.3 Å². The fourth-order valence-corrected chi connectivity index (χ4v) is 5.23. The minimum atomic E-state index is -1.06. The number of thioether (sulfide) groups is 2. The Hall–Kier alpha value is -3.53. The highest BCUT2D eigenvalue weighted by Crippen LogP contribution is 2.44. The number of anilines is 1. The summed E-state index contributed by atoms with van der Waals surface area (Å²) in [6.45, 7) is -0.188. The van der Waals surface area contributed by atoms with Crippen LogP contribution in [-0.4, -0.2) is 42.7 Å². The zero-order chi connectivity index (χ0) is 24.6. The van der Waals surface area contributed by atoms with Crippen LogP contribution in [0.4, 0.5) is 5.69 Å². The predicted octanol–water partition coefficient (Wildman–Crippen LogP) is 4.84. The monoisotopic (exact) mass is 507 g/mol. The highest BCUT2D eigenvalue weighted by molar-refractivity contribution is 8.08. The van der Waals surface area contributed by atoms with Crippen LogP contribution in [0.25, 0.3) is 0 Å². The van der Waals surface area contributed by atoms with E-state index >= 15 is 0 Å². The molecule has 2 amide bonds. The molecule has 0 unspecified atom stereocenters. The minimum absolute atomic E-state index is 0.0926. The van der Waals surface area contributed by atoms with E-state index in [1.165, 1.54) is 23.5 Å². The van der Waals surface area contributed by atoms with Crippen molar-refractivity contribution in [1.82, 2.24) is 0 Å². The topological polar surface area (TPSA) is 93.1 Å². The number of ether oxygens (including phenoxy) is 2. The molecule has 35 heavy (non-hydrogen) atoms. The zero-order valence-corrected chi connectivity index (χ0v) is 20.1. The molecule has 3 aromatic carbocycles. The Bertz CT molecular complexity index is 1180. The van der Waals surface area contributed by atoms with Gasteiger partial charge in [0.2, 0.25) is 0 Å². The van der Waals surface area contributed by atoms with Gasteiger partial charge in [0.05, 0.1) is 22.1 Å². The molecule has 0 radical (unpaired) electrons. The summed E-state index contributed by atoms with van der Waals surface area (Å²) in [5, 5.41) is 8.62. The van der Waals surface area contributed by atoms with Crippen LogP contribution >= 0.6 is 23.5 Å². The molecule has 0 bridgehead atoms. The van der Waals surface area contributed by atoms with Crippen LogP contribution in [-0.2, 0) is 19.1 Å². The number of carbonyl (C=O) groups excluding carboxylic acids is 2. The summed E-state index contributed by atoms with van der Waals surface area (Å²) < 4.78 is 10.6. The first-order chi connectivity index (χ1) is 17.0. The van der Waals surface area contributed by atoms with E-state index in [0.29, 0.717) is 21.2 Å². The van der Waals surface area contributed by atoms with Gasteiger partial charge in [-0.2, -0.15) is 0 Å². The number of aliphatic carboxylic acids is 1.